The molecule has 1 aromatic carbocycles. The Bertz CT molecular complexity index is 833. The number of nitrogens with zero attached hydrogens (tertiary/aromatic N) is 3. The molecule has 124 valence electrons. The highest BCUT2D eigenvalue weighted by Crippen LogP contribution is 2.33. The zero-order valence-electron chi connectivity index (χ0n) is 12.9. The molecule has 0 amide bonds. The van der Waals surface area contributed by atoms with Gasteiger partial charge >= 0.3 is 0 Å². The van der Waals surface area contributed by atoms with Gasteiger partial charge in [0.05, 0.1) is 17.8 Å². The van der Waals surface area contributed by atoms with E-state index >= 15 is 0 Å². The molecule has 6 nitrogen and oxygen atoms in total. The van der Waals surface area contributed by atoms with Gasteiger partial charge in [0.1, 0.15) is 22.8 Å². The minimum Gasteiger partial charge on any atom is -0.460 e. The average molecular weight is 345 g/mol. The summed E-state index contributed by atoms with van der Waals surface area (Å²) in [5.74, 6) is 1.59. The number of aliphatic hydroxyl groups is 1. The highest BCUT2D eigenvalue weighted by atomic mass is 35.5. The number of halogens is 1. The van der Waals surface area contributed by atoms with Gasteiger partial charge < -0.3 is 9.52 Å². The van der Waals surface area contributed by atoms with Gasteiger partial charge in [-0.1, -0.05) is 23.7 Å². The van der Waals surface area contributed by atoms with Gasteiger partial charge in [-0.2, -0.15) is 15.4 Å². The summed E-state index contributed by atoms with van der Waals surface area (Å²) in [4.78, 5) is 2.14. The van der Waals surface area contributed by atoms with Crippen molar-refractivity contribution in [2.45, 2.75) is 18.6 Å². The molecule has 0 aliphatic carbocycles. The summed E-state index contributed by atoms with van der Waals surface area (Å²) in [6, 6.07) is 11.5. The first kappa shape index (κ1) is 15.4. The van der Waals surface area contributed by atoms with Crippen molar-refractivity contribution < 1.29 is 9.52 Å². The molecule has 0 bridgehead atoms. The largest absolute Gasteiger partial charge is 0.460 e. The SMILES string of the molecule is OC1(c2cn[nH]n2)CCN(Cc2ccc(-c3ccccc3Cl)o2)C1. The first-order valence-corrected chi connectivity index (χ1v) is 8.16. The summed E-state index contributed by atoms with van der Waals surface area (Å²) in [6.45, 7) is 1.90. The van der Waals surface area contributed by atoms with E-state index in [0.29, 0.717) is 30.2 Å². The number of aromatic nitrogens is 3. The van der Waals surface area contributed by atoms with Gasteiger partial charge in [0.15, 0.2) is 0 Å². The van der Waals surface area contributed by atoms with Crippen LogP contribution >= 0.6 is 11.6 Å². The number of furan rings is 1. The third kappa shape index (κ3) is 2.84. The van der Waals surface area contributed by atoms with Crippen LogP contribution in [0.25, 0.3) is 11.3 Å². The Morgan fingerprint density at radius 1 is 1.29 bits per heavy atom. The van der Waals surface area contributed by atoms with Gasteiger partial charge in [0.25, 0.3) is 0 Å². The normalized spacial score (nSPS) is 21.4. The van der Waals surface area contributed by atoms with Crippen molar-refractivity contribution in [1.82, 2.24) is 20.3 Å². The maximum absolute atomic E-state index is 10.7. The van der Waals surface area contributed by atoms with E-state index < -0.39 is 5.60 Å². The lowest BCUT2D eigenvalue weighted by molar-refractivity contribution is 0.0402. The number of nitrogens with one attached hydrogen (secondary N) is 1. The summed E-state index contributed by atoms with van der Waals surface area (Å²) in [5.41, 5.74) is 0.512. The number of benzene rings is 1. The van der Waals surface area contributed by atoms with Crippen LogP contribution in [0.5, 0.6) is 0 Å². The fourth-order valence-corrected chi connectivity index (χ4v) is 3.36. The van der Waals surface area contributed by atoms with Crippen LogP contribution in [-0.4, -0.2) is 38.5 Å². The molecule has 3 aromatic rings. The van der Waals surface area contributed by atoms with Gasteiger partial charge in [0, 0.05) is 18.7 Å². The van der Waals surface area contributed by atoms with E-state index in [4.69, 9.17) is 16.0 Å². The molecule has 3 heterocycles. The molecule has 1 fully saturated rings. The molecular formula is C17H17ClN4O2. The zero-order chi connectivity index (χ0) is 16.6. The zero-order valence-corrected chi connectivity index (χ0v) is 13.7. The molecule has 0 saturated carbocycles. The fraction of sp³-hybridized carbons (Fsp3) is 0.294. The van der Waals surface area contributed by atoms with E-state index in [1.54, 1.807) is 6.20 Å². The summed E-state index contributed by atoms with van der Waals surface area (Å²) in [5, 5.41) is 21.7. The van der Waals surface area contributed by atoms with E-state index in [0.717, 1.165) is 23.6 Å². The van der Waals surface area contributed by atoms with E-state index in [2.05, 4.69) is 20.3 Å². The number of rotatable bonds is 4. The van der Waals surface area contributed by atoms with Gasteiger partial charge in [-0.15, -0.1) is 0 Å². The van der Waals surface area contributed by atoms with E-state index in [1.807, 2.05) is 36.4 Å². The third-order valence-corrected chi connectivity index (χ3v) is 4.73. The van der Waals surface area contributed by atoms with Crippen LogP contribution in [0.15, 0.2) is 47.0 Å². The Labute approximate surface area is 144 Å². The van der Waals surface area contributed by atoms with Crippen LogP contribution in [0.4, 0.5) is 0 Å². The molecule has 2 N–H and O–H groups in total. The van der Waals surface area contributed by atoms with Gasteiger partial charge in [-0.3, -0.25) is 4.90 Å². The molecule has 7 heteroatoms. The monoisotopic (exact) mass is 344 g/mol. The van der Waals surface area contributed by atoms with Crippen molar-refractivity contribution in [2.75, 3.05) is 13.1 Å². The van der Waals surface area contributed by atoms with Crippen molar-refractivity contribution in [3.05, 3.63) is 59.1 Å². The molecule has 0 spiro atoms. The molecule has 1 atom stereocenters. The van der Waals surface area contributed by atoms with Gasteiger partial charge in [-0.05, 0) is 30.7 Å². The fourth-order valence-electron chi connectivity index (χ4n) is 3.13. The predicted octanol–water partition coefficient (Wildman–Crippen LogP) is 2.81. The second-order valence-electron chi connectivity index (χ2n) is 6.09. The Kier molecular flexibility index (Phi) is 3.88. The lowest BCUT2D eigenvalue weighted by Gasteiger charge is -2.20. The summed E-state index contributed by atoms with van der Waals surface area (Å²) in [6.07, 6.45) is 2.20. The van der Waals surface area contributed by atoms with Crippen molar-refractivity contribution >= 4 is 11.6 Å². The number of β-amino-alcohol motifs (C(OH)–C–C–N with tert-alkyl or cyclic N) is 1. The molecule has 1 aliphatic heterocycles. The molecule has 4 rings (SSSR count). The maximum Gasteiger partial charge on any atom is 0.135 e. The quantitative estimate of drug-likeness (QED) is 0.761. The Hall–Kier alpha value is -2.15. The molecule has 2 aromatic heterocycles. The van der Waals surface area contributed by atoms with Crippen LogP contribution in [0.2, 0.25) is 5.02 Å². The van der Waals surface area contributed by atoms with Crippen LogP contribution in [0.1, 0.15) is 17.9 Å². The van der Waals surface area contributed by atoms with Crippen molar-refractivity contribution in [3.8, 4) is 11.3 Å². The Balaban J connectivity index is 1.47. The smallest absolute Gasteiger partial charge is 0.135 e. The van der Waals surface area contributed by atoms with Crippen molar-refractivity contribution in [1.29, 1.82) is 0 Å². The number of hydrogen-bond acceptors (Lipinski definition) is 5. The molecule has 1 aliphatic rings. The Morgan fingerprint density at radius 3 is 2.96 bits per heavy atom. The summed E-state index contributed by atoms with van der Waals surface area (Å²) >= 11 is 6.21. The maximum atomic E-state index is 10.7. The average Bonchev–Trinajstić information content (AvgIpc) is 3.30. The first-order valence-electron chi connectivity index (χ1n) is 7.79. The van der Waals surface area contributed by atoms with E-state index in [9.17, 15) is 5.11 Å². The first-order chi connectivity index (χ1) is 11.6. The standard InChI is InChI=1S/C17H17ClN4O2/c18-14-4-2-1-3-13(14)15-6-5-12(24-15)10-22-8-7-17(23,11-22)16-9-19-21-20-16/h1-6,9,23H,7-8,10-11H2,(H,19,20,21). The minimum absolute atomic E-state index is 0.502. The molecular weight excluding hydrogens is 328 g/mol. The second-order valence-corrected chi connectivity index (χ2v) is 6.50. The molecule has 24 heavy (non-hydrogen) atoms. The van der Waals surface area contributed by atoms with Crippen molar-refractivity contribution in [3.63, 3.8) is 0 Å². The lowest BCUT2D eigenvalue weighted by Crippen LogP contribution is -2.30. The molecule has 1 saturated heterocycles. The number of H-pyrrole nitrogens is 1. The van der Waals surface area contributed by atoms with Crippen LogP contribution in [-0.2, 0) is 12.1 Å². The topological polar surface area (TPSA) is 78.2 Å². The number of aromatic amines is 1. The number of hydrogen-bond donors (Lipinski definition) is 2. The van der Waals surface area contributed by atoms with Crippen LogP contribution < -0.4 is 0 Å². The van der Waals surface area contributed by atoms with Crippen molar-refractivity contribution in [2.24, 2.45) is 0 Å². The highest BCUT2D eigenvalue weighted by Gasteiger charge is 2.39. The second kappa shape index (κ2) is 6.05. The van der Waals surface area contributed by atoms with Crippen LogP contribution in [0, 0.1) is 0 Å². The molecule has 1 unspecified atom stereocenters. The Morgan fingerprint density at radius 2 is 2.17 bits per heavy atom. The summed E-state index contributed by atoms with van der Waals surface area (Å²) in [7, 11) is 0. The van der Waals surface area contributed by atoms with E-state index in [1.165, 1.54) is 0 Å². The summed E-state index contributed by atoms with van der Waals surface area (Å²) < 4.78 is 5.93. The lowest BCUT2D eigenvalue weighted by atomic mass is 10.0. The highest BCUT2D eigenvalue weighted by molar-refractivity contribution is 6.33. The number of likely N-dealkylation sites (tertiary alicyclic amines) is 1. The minimum atomic E-state index is -0.953. The third-order valence-electron chi connectivity index (χ3n) is 4.40. The predicted molar refractivity (Wildman–Crippen MR) is 89.3 cm³/mol. The van der Waals surface area contributed by atoms with Gasteiger partial charge in [0.2, 0.25) is 0 Å². The van der Waals surface area contributed by atoms with Crippen LogP contribution in [0.3, 0.4) is 0 Å². The van der Waals surface area contributed by atoms with E-state index in [-0.39, 0.29) is 0 Å². The van der Waals surface area contributed by atoms with Gasteiger partial charge in [-0.25, -0.2) is 0 Å². The molecule has 0 radical (unpaired) electrons.